The molecule has 0 aromatic carbocycles. The number of fused-ring (bicyclic) bond motifs is 1. The van der Waals surface area contributed by atoms with Crippen LogP contribution in [0, 0.1) is 11.8 Å². The van der Waals surface area contributed by atoms with E-state index in [0.29, 0.717) is 5.57 Å². The lowest BCUT2D eigenvalue weighted by Gasteiger charge is -2.41. The molecule has 0 aromatic heterocycles. The third-order valence-electron chi connectivity index (χ3n) is 6.02. The van der Waals surface area contributed by atoms with Crippen LogP contribution in [0.25, 0.3) is 0 Å². The largest absolute Gasteiger partial charge is 0.462 e. The number of carbonyl (C=O) groups excluding carboxylic acids is 3. The molecule has 0 saturated heterocycles. The van der Waals surface area contributed by atoms with Gasteiger partial charge >= 0.3 is 17.9 Å². The summed E-state index contributed by atoms with van der Waals surface area (Å²) in [5.41, 5.74) is 3.59. The Labute approximate surface area is 196 Å². The van der Waals surface area contributed by atoms with Crippen molar-refractivity contribution in [2.45, 2.75) is 85.2 Å². The lowest BCUT2D eigenvalue weighted by molar-refractivity contribution is -0.181. The maximum absolute atomic E-state index is 12.0. The monoisotopic (exact) mass is 460 g/mol. The molecule has 0 spiro atoms. The summed E-state index contributed by atoms with van der Waals surface area (Å²) >= 11 is 0. The number of hydrogen-bond acceptors (Lipinski definition) is 7. The van der Waals surface area contributed by atoms with E-state index in [2.05, 4.69) is 26.2 Å². The van der Waals surface area contributed by atoms with E-state index < -0.39 is 36.4 Å². The predicted octanol–water partition coefficient (Wildman–Crippen LogP) is 4.93. The van der Waals surface area contributed by atoms with Crippen LogP contribution < -0.4 is 0 Å². The number of esters is 3. The third kappa shape index (κ3) is 7.62. The molecule has 0 fully saturated rings. The minimum atomic E-state index is -0.800. The van der Waals surface area contributed by atoms with Crippen molar-refractivity contribution in [2.75, 3.05) is 0 Å². The van der Waals surface area contributed by atoms with Gasteiger partial charge in [0.05, 0.1) is 12.2 Å². The first kappa shape index (κ1) is 26.4. The molecule has 33 heavy (non-hydrogen) atoms. The molecule has 0 aromatic rings. The molecule has 0 unspecified atom stereocenters. The van der Waals surface area contributed by atoms with Crippen molar-refractivity contribution < 1.29 is 33.3 Å². The van der Waals surface area contributed by atoms with Gasteiger partial charge in [-0.1, -0.05) is 30.4 Å². The number of carbonyl (C=O) groups is 3. The maximum atomic E-state index is 12.0. The summed E-state index contributed by atoms with van der Waals surface area (Å²) in [5, 5.41) is 0. The van der Waals surface area contributed by atoms with Gasteiger partial charge in [0.25, 0.3) is 0 Å². The molecule has 0 saturated carbocycles. The smallest absolute Gasteiger partial charge is 0.305 e. The van der Waals surface area contributed by atoms with Crippen LogP contribution in [0.1, 0.15) is 66.7 Å². The van der Waals surface area contributed by atoms with Crippen molar-refractivity contribution in [1.82, 2.24) is 0 Å². The topological polar surface area (TPSA) is 88.1 Å². The van der Waals surface area contributed by atoms with Crippen LogP contribution in [0.3, 0.4) is 0 Å². The highest BCUT2D eigenvalue weighted by molar-refractivity contribution is 5.67. The molecular weight excluding hydrogens is 424 g/mol. The summed E-state index contributed by atoms with van der Waals surface area (Å²) in [6.45, 7) is 16.1. The Morgan fingerprint density at radius 1 is 1.09 bits per heavy atom. The van der Waals surface area contributed by atoms with E-state index in [4.69, 9.17) is 18.9 Å². The fourth-order valence-corrected chi connectivity index (χ4v) is 4.47. The van der Waals surface area contributed by atoms with Crippen molar-refractivity contribution in [1.29, 1.82) is 0 Å². The maximum Gasteiger partial charge on any atom is 0.305 e. The summed E-state index contributed by atoms with van der Waals surface area (Å²) in [6.07, 6.45) is 4.97. The predicted molar refractivity (Wildman–Crippen MR) is 124 cm³/mol. The highest BCUT2D eigenvalue weighted by Gasteiger charge is 2.43. The van der Waals surface area contributed by atoms with Crippen LogP contribution in [0.15, 0.2) is 47.8 Å². The van der Waals surface area contributed by atoms with Gasteiger partial charge in [-0.05, 0) is 45.1 Å². The molecule has 0 radical (unpaired) electrons. The lowest BCUT2D eigenvalue weighted by atomic mass is 9.74. The normalized spacial score (nSPS) is 26.3. The van der Waals surface area contributed by atoms with E-state index >= 15 is 0 Å². The average molecular weight is 461 g/mol. The summed E-state index contributed by atoms with van der Waals surface area (Å²) < 4.78 is 22.5. The molecule has 5 atom stereocenters. The van der Waals surface area contributed by atoms with Crippen LogP contribution in [-0.4, -0.2) is 36.4 Å². The first-order valence-electron chi connectivity index (χ1n) is 11.3. The number of allylic oxidation sites excluding steroid dienone is 2. The van der Waals surface area contributed by atoms with E-state index in [-0.39, 0.29) is 18.3 Å². The first-order chi connectivity index (χ1) is 15.5. The molecule has 7 heteroatoms. The highest BCUT2D eigenvalue weighted by Crippen LogP contribution is 2.44. The molecule has 182 valence electrons. The number of rotatable bonds is 7. The number of ether oxygens (including phenoxy) is 4. The number of hydrogen-bond donors (Lipinski definition) is 0. The van der Waals surface area contributed by atoms with Gasteiger partial charge in [0.1, 0.15) is 12.2 Å². The van der Waals surface area contributed by atoms with Crippen molar-refractivity contribution in [2.24, 2.45) is 11.8 Å². The molecule has 0 N–H and O–H groups in total. The molecule has 1 aliphatic heterocycles. The quantitative estimate of drug-likeness (QED) is 0.302. The van der Waals surface area contributed by atoms with Crippen LogP contribution in [-0.2, 0) is 33.3 Å². The zero-order chi connectivity index (χ0) is 24.7. The second-order valence-corrected chi connectivity index (χ2v) is 8.93. The Morgan fingerprint density at radius 2 is 1.76 bits per heavy atom. The van der Waals surface area contributed by atoms with Crippen LogP contribution in [0.4, 0.5) is 0 Å². The minimum Gasteiger partial charge on any atom is -0.462 e. The van der Waals surface area contributed by atoms with E-state index in [0.717, 1.165) is 36.8 Å². The van der Waals surface area contributed by atoms with Gasteiger partial charge in [-0.25, -0.2) is 0 Å². The van der Waals surface area contributed by atoms with Crippen molar-refractivity contribution in [3.8, 4) is 0 Å². The van der Waals surface area contributed by atoms with Crippen LogP contribution in [0.2, 0.25) is 0 Å². The Morgan fingerprint density at radius 3 is 2.33 bits per heavy atom. The lowest BCUT2D eigenvalue weighted by Crippen LogP contribution is -2.42. The summed E-state index contributed by atoms with van der Waals surface area (Å²) in [5.74, 6) is -1.76. The Hall–Kier alpha value is -2.83. The van der Waals surface area contributed by atoms with Gasteiger partial charge in [-0.2, -0.15) is 0 Å². The molecule has 1 heterocycles. The molecule has 2 aliphatic rings. The molecule has 0 amide bonds. The van der Waals surface area contributed by atoms with Gasteiger partial charge < -0.3 is 18.9 Å². The van der Waals surface area contributed by atoms with E-state index in [1.165, 1.54) is 32.6 Å². The van der Waals surface area contributed by atoms with E-state index in [1.807, 2.05) is 0 Å². The molecule has 1 aliphatic carbocycles. The van der Waals surface area contributed by atoms with Crippen LogP contribution in [0.5, 0.6) is 0 Å². The SMILES string of the molecule is C=C1CC/C=C(/C)CC[C@@H]2C([C@@H](C[C@@H](OC(C)=O)C(=C)C)OC(C)=O)=CO[C@H](OC(C)=O)[C@@H]12. The van der Waals surface area contributed by atoms with Gasteiger partial charge in [0, 0.05) is 38.7 Å². The standard InChI is InChI=1S/C26H36O7/c1-15(2)23(31-18(5)27)13-24(32-19(6)28)22-14-30-26(33-20(7)29)25-17(4)10-8-9-16(3)11-12-21(22)25/h9,14,21,23-26H,1,4,8,10-13H2,2-3,5-7H3/b16-9-/t21-,23-,24-,25+,26-/m1/s1. The molecular formula is C26H36O7. The van der Waals surface area contributed by atoms with Crippen molar-refractivity contribution >= 4 is 17.9 Å². The van der Waals surface area contributed by atoms with E-state index in [1.54, 1.807) is 6.92 Å². The fourth-order valence-electron chi connectivity index (χ4n) is 4.47. The Bertz CT molecular complexity index is 851. The summed E-state index contributed by atoms with van der Waals surface area (Å²) in [6, 6.07) is 0. The van der Waals surface area contributed by atoms with Crippen molar-refractivity contribution in [3.05, 3.63) is 47.8 Å². The highest BCUT2D eigenvalue weighted by atomic mass is 16.7. The molecule has 0 bridgehead atoms. The van der Waals surface area contributed by atoms with Gasteiger partial charge in [-0.3, -0.25) is 14.4 Å². The zero-order valence-electron chi connectivity index (χ0n) is 20.3. The average Bonchev–Trinajstić information content (AvgIpc) is 2.76. The first-order valence-corrected chi connectivity index (χ1v) is 11.3. The second-order valence-electron chi connectivity index (χ2n) is 8.93. The Kier molecular flexibility index (Phi) is 9.50. The van der Waals surface area contributed by atoms with Gasteiger partial charge in [-0.15, -0.1) is 0 Å². The summed E-state index contributed by atoms with van der Waals surface area (Å²) in [4.78, 5) is 35.4. The van der Waals surface area contributed by atoms with Crippen molar-refractivity contribution in [3.63, 3.8) is 0 Å². The van der Waals surface area contributed by atoms with E-state index in [9.17, 15) is 14.4 Å². The third-order valence-corrected chi connectivity index (χ3v) is 6.02. The van der Waals surface area contributed by atoms with Crippen LogP contribution >= 0.6 is 0 Å². The molecule has 7 nitrogen and oxygen atoms in total. The zero-order valence-corrected chi connectivity index (χ0v) is 20.3. The minimum absolute atomic E-state index is 0.135. The van der Waals surface area contributed by atoms with Gasteiger partial charge in [0.2, 0.25) is 6.29 Å². The summed E-state index contributed by atoms with van der Waals surface area (Å²) in [7, 11) is 0. The van der Waals surface area contributed by atoms with Gasteiger partial charge in [0.15, 0.2) is 0 Å². The fraction of sp³-hybridized carbons (Fsp3) is 0.577. The second kappa shape index (κ2) is 11.9. The Balaban J connectivity index is 2.49. The molecule has 2 rings (SSSR count).